The van der Waals surface area contributed by atoms with Crippen LogP contribution in [0.2, 0.25) is 10.0 Å². The molecule has 2 amide bonds. The quantitative estimate of drug-likeness (QED) is 0.574. The fraction of sp³-hybridized carbons (Fsp3) is 0.286. The van der Waals surface area contributed by atoms with Crippen molar-refractivity contribution in [2.45, 2.75) is 18.8 Å². The van der Waals surface area contributed by atoms with Gasteiger partial charge in [0.2, 0.25) is 11.7 Å². The lowest BCUT2D eigenvalue weighted by atomic mass is 9.98. The van der Waals surface area contributed by atoms with Gasteiger partial charge in [0.25, 0.3) is 0 Å². The van der Waals surface area contributed by atoms with Crippen LogP contribution in [0, 0.1) is 0 Å². The highest BCUT2D eigenvalue weighted by atomic mass is 35.5. The van der Waals surface area contributed by atoms with Crippen molar-refractivity contribution in [3.05, 3.63) is 58.4 Å². The summed E-state index contributed by atoms with van der Waals surface area (Å²) in [5.74, 6) is 1.69. The number of carbonyl (C=O) groups is 1. The molecule has 1 N–H and O–H groups in total. The predicted octanol–water partition coefficient (Wildman–Crippen LogP) is 5.46. The lowest BCUT2D eigenvalue weighted by molar-refractivity contribution is 0.184. The van der Waals surface area contributed by atoms with Crippen molar-refractivity contribution >= 4 is 34.9 Å². The second-order valence-electron chi connectivity index (χ2n) is 7.00. The number of anilines is 1. The monoisotopic (exact) mass is 446 g/mol. The minimum atomic E-state index is -0.262. The largest absolute Gasteiger partial charge is 0.497 e. The van der Waals surface area contributed by atoms with E-state index in [1.807, 2.05) is 24.3 Å². The highest BCUT2D eigenvalue weighted by Crippen LogP contribution is 2.32. The maximum Gasteiger partial charge on any atom is 0.321 e. The van der Waals surface area contributed by atoms with Crippen LogP contribution in [0.3, 0.4) is 0 Å². The molecule has 1 saturated heterocycles. The highest BCUT2D eigenvalue weighted by Gasteiger charge is 2.29. The zero-order valence-electron chi connectivity index (χ0n) is 16.3. The SMILES string of the molecule is COc1cccc(-c2noc(C3CCCN(C(=O)Nc4c(Cl)cccc4Cl)C3)n2)c1. The number of para-hydroxylation sites is 1. The van der Waals surface area contributed by atoms with Crippen LogP contribution in [0.25, 0.3) is 11.4 Å². The fourth-order valence-corrected chi connectivity index (χ4v) is 3.94. The molecule has 1 aliphatic heterocycles. The van der Waals surface area contributed by atoms with Gasteiger partial charge in [-0.05, 0) is 37.1 Å². The smallest absolute Gasteiger partial charge is 0.321 e. The number of carbonyl (C=O) groups excluding carboxylic acids is 1. The number of likely N-dealkylation sites (tertiary alicyclic amines) is 1. The molecule has 0 radical (unpaired) electrons. The summed E-state index contributed by atoms with van der Waals surface area (Å²) < 4.78 is 10.8. The fourth-order valence-electron chi connectivity index (χ4n) is 3.45. The Bertz CT molecular complexity index is 1040. The summed E-state index contributed by atoms with van der Waals surface area (Å²) in [4.78, 5) is 19.0. The number of piperidine rings is 1. The number of aromatic nitrogens is 2. The van der Waals surface area contributed by atoms with Crippen LogP contribution in [0.15, 0.2) is 47.0 Å². The maximum absolute atomic E-state index is 12.8. The van der Waals surface area contributed by atoms with Gasteiger partial charge in [-0.25, -0.2) is 4.79 Å². The molecule has 1 atom stereocenters. The molecule has 2 aromatic carbocycles. The van der Waals surface area contributed by atoms with Crippen molar-refractivity contribution in [3.8, 4) is 17.1 Å². The van der Waals surface area contributed by atoms with Crippen LogP contribution in [0.1, 0.15) is 24.7 Å². The Kier molecular flexibility index (Phi) is 6.11. The van der Waals surface area contributed by atoms with Crippen LogP contribution >= 0.6 is 23.2 Å². The van der Waals surface area contributed by atoms with E-state index in [2.05, 4.69) is 15.5 Å². The molecule has 1 unspecified atom stereocenters. The molecule has 7 nitrogen and oxygen atoms in total. The third-order valence-corrected chi connectivity index (χ3v) is 5.65. The van der Waals surface area contributed by atoms with Gasteiger partial charge in [-0.1, -0.05) is 46.6 Å². The number of ether oxygens (including phenoxy) is 1. The number of urea groups is 1. The molecule has 30 heavy (non-hydrogen) atoms. The maximum atomic E-state index is 12.8. The van der Waals surface area contributed by atoms with E-state index in [1.54, 1.807) is 30.2 Å². The molecule has 0 aliphatic carbocycles. The van der Waals surface area contributed by atoms with E-state index in [-0.39, 0.29) is 11.9 Å². The van der Waals surface area contributed by atoms with E-state index >= 15 is 0 Å². The van der Waals surface area contributed by atoms with Gasteiger partial charge in [0.05, 0.1) is 28.8 Å². The first kappa shape index (κ1) is 20.5. The minimum absolute atomic E-state index is 0.0434. The highest BCUT2D eigenvalue weighted by molar-refractivity contribution is 6.39. The Balaban J connectivity index is 1.46. The van der Waals surface area contributed by atoms with Crippen LogP contribution in [0.5, 0.6) is 5.75 Å². The van der Waals surface area contributed by atoms with E-state index in [0.29, 0.717) is 40.5 Å². The molecule has 1 fully saturated rings. The normalized spacial score (nSPS) is 16.4. The van der Waals surface area contributed by atoms with E-state index in [0.717, 1.165) is 24.2 Å². The molecule has 9 heteroatoms. The summed E-state index contributed by atoms with van der Waals surface area (Å²) in [6.45, 7) is 1.09. The predicted molar refractivity (Wildman–Crippen MR) is 115 cm³/mol. The van der Waals surface area contributed by atoms with Gasteiger partial charge in [0, 0.05) is 18.7 Å². The average molecular weight is 447 g/mol. The van der Waals surface area contributed by atoms with Gasteiger partial charge in [-0.15, -0.1) is 0 Å². The Hall–Kier alpha value is -2.77. The Morgan fingerprint density at radius 1 is 1.23 bits per heavy atom. The van der Waals surface area contributed by atoms with Gasteiger partial charge in [0.1, 0.15) is 5.75 Å². The summed E-state index contributed by atoms with van der Waals surface area (Å²) >= 11 is 12.3. The standard InChI is InChI=1S/C21H20Cl2N4O3/c1-29-15-7-2-5-13(11-15)19-25-20(30-26-19)14-6-4-10-27(12-14)21(28)24-18-16(22)8-3-9-17(18)23/h2-3,5,7-9,11,14H,4,6,10,12H2,1H3,(H,24,28). The molecule has 0 bridgehead atoms. The number of amides is 2. The van der Waals surface area contributed by atoms with Crippen molar-refractivity contribution in [3.63, 3.8) is 0 Å². The van der Waals surface area contributed by atoms with E-state index in [4.69, 9.17) is 32.5 Å². The molecule has 0 spiro atoms. The Morgan fingerprint density at radius 2 is 2.00 bits per heavy atom. The third kappa shape index (κ3) is 4.37. The third-order valence-electron chi connectivity index (χ3n) is 5.02. The van der Waals surface area contributed by atoms with Gasteiger partial charge < -0.3 is 19.5 Å². The topological polar surface area (TPSA) is 80.5 Å². The molecule has 3 aromatic rings. The lowest BCUT2D eigenvalue weighted by Crippen LogP contribution is -2.41. The first-order valence-corrected chi connectivity index (χ1v) is 10.3. The van der Waals surface area contributed by atoms with E-state index in [1.165, 1.54) is 0 Å². The summed E-state index contributed by atoms with van der Waals surface area (Å²) in [5.41, 5.74) is 1.22. The molecule has 156 valence electrons. The lowest BCUT2D eigenvalue weighted by Gasteiger charge is -2.31. The number of rotatable bonds is 4. The van der Waals surface area contributed by atoms with Crippen LogP contribution in [0.4, 0.5) is 10.5 Å². The van der Waals surface area contributed by atoms with Crippen molar-refractivity contribution < 1.29 is 14.1 Å². The Morgan fingerprint density at radius 3 is 2.77 bits per heavy atom. The van der Waals surface area contributed by atoms with Crippen molar-refractivity contribution in [1.82, 2.24) is 15.0 Å². The zero-order valence-corrected chi connectivity index (χ0v) is 17.8. The molecule has 2 heterocycles. The van der Waals surface area contributed by atoms with E-state index < -0.39 is 0 Å². The molecule has 1 aliphatic rings. The summed E-state index contributed by atoms with van der Waals surface area (Å²) in [5, 5.41) is 7.69. The number of halogens is 2. The minimum Gasteiger partial charge on any atom is -0.497 e. The van der Waals surface area contributed by atoms with Crippen molar-refractivity contribution in [2.75, 3.05) is 25.5 Å². The number of benzene rings is 2. The van der Waals surface area contributed by atoms with Crippen LogP contribution in [-0.2, 0) is 0 Å². The van der Waals surface area contributed by atoms with Crippen LogP contribution < -0.4 is 10.1 Å². The number of nitrogens with zero attached hydrogens (tertiary/aromatic N) is 3. The van der Waals surface area contributed by atoms with Gasteiger partial charge >= 0.3 is 6.03 Å². The molecule has 0 saturated carbocycles. The summed E-state index contributed by atoms with van der Waals surface area (Å²) in [6.07, 6.45) is 1.68. The molecular formula is C21H20Cl2N4O3. The van der Waals surface area contributed by atoms with Crippen molar-refractivity contribution in [2.24, 2.45) is 0 Å². The second kappa shape index (κ2) is 8.93. The van der Waals surface area contributed by atoms with Crippen molar-refractivity contribution in [1.29, 1.82) is 0 Å². The first-order chi connectivity index (χ1) is 14.5. The molecule has 4 rings (SSSR count). The number of nitrogens with one attached hydrogen (secondary N) is 1. The number of hydrogen-bond acceptors (Lipinski definition) is 5. The Labute approximate surface area is 183 Å². The zero-order chi connectivity index (χ0) is 21.1. The van der Waals surface area contributed by atoms with Gasteiger partial charge in [-0.3, -0.25) is 0 Å². The average Bonchev–Trinajstić information content (AvgIpc) is 3.27. The number of hydrogen-bond donors (Lipinski definition) is 1. The van der Waals surface area contributed by atoms with Gasteiger partial charge in [0.15, 0.2) is 0 Å². The van der Waals surface area contributed by atoms with Crippen LogP contribution in [-0.4, -0.2) is 41.3 Å². The second-order valence-corrected chi connectivity index (χ2v) is 7.81. The summed E-state index contributed by atoms with van der Waals surface area (Å²) in [7, 11) is 1.61. The summed E-state index contributed by atoms with van der Waals surface area (Å²) in [6, 6.07) is 12.3. The molecular weight excluding hydrogens is 427 g/mol. The molecule has 1 aromatic heterocycles. The first-order valence-electron chi connectivity index (χ1n) is 9.53. The van der Waals surface area contributed by atoms with E-state index in [9.17, 15) is 4.79 Å². The number of methoxy groups -OCH3 is 1. The van der Waals surface area contributed by atoms with Gasteiger partial charge in [-0.2, -0.15) is 4.98 Å².